The lowest BCUT2D eigenvalue weighted by Crippen LogP contribution is -2.38. The van der Waals surface area contributed by atoms with Gasteiger partial charge in [0.2, 0.25) is 0 Å². The molecule has 0 aromatic carbocycles. The molecule has 72 valence electrons. The van der Waals surface area contributed by atoms with E-state index < -0.39 is 0 Å². The van der Waals surface area contributed by atoms with Crippen LogP contribution >= 0.6 is 0 Å². The highest BCUT2D eigenvalue weighted by Crippen LogP contribution is 2.13. The van der Waals surface area contributed by atoms with E-state index >= 15 is 0 Å². The van der Waals surface area contributed by atoms with Gasteiger partial charge in [0.25, 0.3) is 0 Å². The maximum Gasteiger partial charge on any atom is 0.112 e. The minimum Gasteiger partial charge on any atom is -0.394 e. The summed E-state index contributed by atoms with van der Waals surface area (Å²) in [6, 6.07) is 0. The van der Waals surface area contributed by atoms with Gasteiger partial charge in [0.15, 0.2) is 0 Å². The Kier molecular flexibility index (Phi) is 3.94. The molecule has 0 unspecified atom stereocenters. The minimum absolute atomic E-state index is 0.0373. The maximum absolute atomic E-state index is 8.58. The summed E-state index contributed by atoms with van der Waals surface area (Å²) in [5.41, 5.74) is -0.390. The molecule has 4 heteroatoms. The number of hydrogen-bond donors (Lipinski definition) is 1. The molecule has 1 fully saturated rings. The molecule has 0 aliphatic carbocycles. The van der Waals surface area contributed by atoms with Gasteiger partial charge < -0.3 is 19.3 Å². The van der Waals surface area contributed by atoms with Crippen molar-refractivity contribution in [2.45, 2.75) is 12.5 Å². The van der Waals surface area contributed by atoms with E-state index in [9.17, 15) is 0 Å². The van der Waals surface area contributed by atoms with Crippen LogP contribution in [-0.2, 0) is 14.2 Å². The second kappa shape index (κ2) is 4.77. The molecule has 0 aromatic heterocycles. The van der Waals surface area contributed by atoms with E-state index in [4.69, 9.17) is 19.3 Å². The number of aliphatic hydroxyl groups excluding tert-OH is 1. The van der Waals surface area contributed by atoms with Crippen molar-refractivity contribution >= 4 is 0 Å². The fourth-order valence-electron chi connectivity index (χ4n) is 1.11. The van der Waals surface area contributed by atoms with Gasteiger partial charge in [0, 0.05) is 0 Å². The first kappa shape index (κ1) is 9.92. The fraction of sp³-hybridized carbons (Fsp3) is 1.00. The van der Waals surface area contributed by atoms with Crippen molar-refractivity contribution in [3.8, 4) is 0 Å². The van der Waals surface area contributed by atoms with Crippen molar-refractivity contribution in [1.29, 1.82) is 0 Å². The van der Waals surface area contributed by atoms with Crippen molar-refractivity contribution in [1.82, 2.24) is 0 Å². The van der Waals surface area contributed by atoms with Crippen molar-refractivity contribution in [3.63, 3.8) is 0 Å². The molecule has 12 heavy (non-hydrogen) atoms. The normalized spacial score (nSPS) is 23.5. The largest absolute Gasteiger partial charge is 0.394 e. The Morgan fingerprint density at radius 2 is 1.92 bits per heavy atom. The minimum atomic E-state index is -0.390. The molecule has 0 spiro atoms. The summed E-state index contributed by atoms with van der Waals surface area (Å²) in [7, 11) is 0. The van der Waals surface area contributed by atoms with Crippen molar-refractivity contribution < 1.29 is 19.3 Å². The summed E-state index contributed by atoms with van der Waals surface area (Å²) in [4.78, 5) is 0. The predicted octanol–water partition coefficient (Wildman–Crippen LogP) is -0.199. The highest BCUT2D eigenvalue weighted by molar-refractivity contribution is 4.75. The molecule has 0 amide bonds. The molecule has 1 rings (SSSR count). The zero-order valence-electron chi connectivity index (χ0n) is 7.41. The summed E-state index contributed by atoms with van der Waals surface area (Å²) in [6.45, 7) is 4.61. The van der Waals surface area contributed by atoms with Crippen LogP contribution in [0.2, 0.25) is 0 Å². The topological polar surface area (TPSA) is 47.9 Å². The standard InChI is InChI=1S/C8H16O4/c1-8(12-3-2-9)6-10-4-5-11-7-8/h9H,2-7H2,1H3. The number of aliphatic hydroxyl groups is 1. The van der Waals surface area contributed by atoms with Crippen LogP contribution in [0.5, 0.6) is 0 Å². The van der Waals surface area contributed by atoms with Gasteiger partial charge in [-0.15, -0.1) is 0 Å². The van der Waals surface area contributed by atoms with Gasteiger partial charge in [-0.05, 0) is 6.92 Å². The van der Waals surface area contributed by atoms with E-state index in [0.717, 1.165) is 0 Å². The first-order valence-electron chi connectivity index (χ1n) is 4.17. The average Bonchev–Trinajstić information content (AvgIpc) is 2.27. The maximum atomic E-state index is 8.58. The molecule has 0 radical (unpaired) electrons. The summed E-state index contributed by atoms with van der Waals surface area (Å²) in [5.74, 6) is 0. The number of rotatable bonds is 3. The van der Waals surface area contributed by atoms with E-state index in [1.807, 2.05) is 6.92 Å². The predicted molar refractivity (Wildman–Crippen MR) is 43.1 cm³/mol. The molecule has 0 aromatic rings. The van der Waals surface area contributed by atoms with Gasteiger partial charge in [0.1, 0.15) is 5.60 Å². The van der Waals surface area contributed by atoms with Gasteiger partial charge in [-0.2, -0.15) is 0 Å². The molecule has 1 N–H and O–H groups in total. The van der Waals surface area contributed by atoms with Crippen molar-refractivity contribution in [3.05, 3.63) is 0 Å². The number of hydrogen-bond acceptors (Lipinski definition) is 4. The average molecular weight is 176 g/mol. The Balaban J connectivity index is 2.32. The molecule has 0 saturated carbocycles. The quantitative estimate of drug-likeness (QED) is 0.647. The molecular formula is C8H16O4. The Morgan fingerprint density at radius 3 is 2.42 bits per heavy atom. The monoisotopic (exact) mass is 176 g/mol. The van der Waals surface area contributed by atoms with Gasteiger partial charge in [-0.25, -0.2) is 0 Å². The Labute approximate surface area is 72.4 Å². The Morgan fingerprint density at radius 1 is 1.33 bits per heavy atom. The summed E-state index contributed by atoms with van der Waals surface area (Å²) < 4.78 is 16.0. The third kappa shape index (κ3) is 3.06. The lowest BCUT2D eigenvalue weighted by atomic mass is 10.1. The summed E-state index contributed by atoms with van der Waals surface area (Å²) >= 11 is 0. The van der Waals surface area contributed by atoms with Crippen LogP contribution < -0.4 is 0 Å². The van der Waals surface area contributed by atoms with Crippen LogP contribution in [0.1, 0.15) is 6.92 Å². The van der Waals surface area contributed by atoms with E-state index in [1.54, 1.807) is 0 Å². The second-order valence-corrected chi connectivity index (χ2v) is 3.13. The zero-order valence-corrected chi connectivity index (χ0v) is 7.41. The zero-order chi connectivity index (χ0) is 8.86. The molecular weight excluding hydrogens is 160 g/mol. The third-order valence-electron chi connectivity index (χ3n) is 1.73. The van der Waals surface area contributed by atoms with E-state index in [0.29, 0.717) is 33.0 Å². The molecule has 4 nitrogen and oxygen atoms in total. The first-order valence-corrected chi connectivity index (χ1v) is 4.17. The van der Waals surface area contributed by atoms with Crippen LogP contribution in [0.3, 0.4) is 0 Å². The van der Waals surface area contributed by atoms with E-state index in [1.165, 1.54) is 0 Å². The van der Waals surface area contributed by atoms with Gasteiger partial charge >= 0.3 is 0 Å². The second-order valence-electron chi connectivity index (χ2n) is 3.13. The van der Waals surface area contributed by atoms with Crippen LogP contribution in [0.25, 0.3) is 0 Å². The molecule has 1 aliphatic heterocycles. The van der Waals surface area contributed by atoms with Crippen molar-refractivity contribution in [2.24, 2.45) is 0 Å². The lowest BCUT2D eigenvalue weighted by Gasteiger charge is -2.26. The van der Waals surface area contributed by atoms with Crippen LogP contribution in [0.4, 0.5) is 0 Å². The Hall–Kier alpha value is -0.160. The smallest absolute Gasteiger partial charge is 0.112 e. The third-order valence-corrected chi connectivity index (χ3v) is 1.73. The summed E-state index contributed by atoms with van der Waals surface area (Å²) in [6.07, 6.45) is 0. The molecule has 0 bridgehead atoms. The van der Waals surface area contributed by atoms with E-state index in [2.05, 4.69) is 0 Å². The van der Waals surface area contributed by atoms with Crippen LogP contribution in [-0.4, -0.2) is 50.3 Å². The first-order chi connectivity index (χ1) is 5.77. The molecule has 1 aliphatic rings. The fourth-order valence-corrected chi connectivity index (χ4v) is 1.11. The van der Waals surface area contributed by atoms with Gasteiger partial charge in [0.05, 0.1) is 39.6 Å². The molecule has 1 saturated heterocycles. The van der Waals surface area contributed by atoms with Crippen molar-refractivity contribution in [2.75, 3.05) is 39.6 Å². The SMILES string of the molecule is CC1(OCCO)COCCOC1. The van der Waals surface area contributed by atoms with Gasteiger partial charge in [-0.1, -0.05) is 0 Å². The van der Waals surface area contributed by atoms with E-state index in [-0.39, 0.29) is 12.2 Å². The van der Waals surface area contributed by atoms with Crippen LogP contribution in [0.15, 0.2) is 0 Å². The van der Waals surface area contributed by atoms with Crippen LogP contribution in [0, 0.1) is 0 Å². The highest BCUT2D eigenvalue weighted by Gasteiger charge is 2.27. The lowest BCUT2D eigenvalue weighted by molar-refractivity contribution is -0.103. The molecule has 0 atom stereocenters. The van der Waals surface area contributed by atoms with Gasteiger partial charge in [-0.3, -0.25) is 0 Å². The highest BCUT2D eigenvalue weighted by atomic mass is 16.6. The molecule has 1 heterocycles. The number of ether oxygens (including phenoxy) is 3. The Bertz CT molecular complexity index is 118. The summed E-state index contributed by atoms with van der Waals surface area (Å²) in [5, 5.41) is 8.58.